The summed E-state index contributed by atoms with van der Waals surface area (Å²) < 4.78 is 1.60. The molecule has 1 aliphatic rings. The van der Waals surface area contributed by atoms with Gasteiger partial charge in [0.2, 0.25) is 5.91 Å². The van der Waals surface area contributed by atoms with E-state index in [9.17, 15) is 9.59 Å². The van der Waals surface area contributed by atoms with Crippen molar-refractivity contribution in [2.75, 3.05) is 17.7 Å². The molecular formula is C29H31N7O2. The summed E-state index contributed by atoms with van der Waals surface area (Å²) in [7, 11) is 1.86. The second-order valence-electron chi connectivity index (χ2n) is 9.57. The number of aryl methyl sites for hydroxylation is 2. The number of nitrogens with one attached hydrogen (secondary N) is 1. The summed E-state index contributed by atoms with van der Waals surface area (Å²) in [6.07, 6.45) is 5.27. The van der Waals surface area contributed by atoms with Gasteiger partial charge in [0.25, 0.3) is 5.56 Å². The number of carbonyl (C=O) groups is 1. The predicted molar refractivity (Wildman–Crippen MR) is 147 cm³/mol. The Kier molecular flexibility index (Phi) is 7.17. The smallest absolute Gasteiger partial charge is 0.294 e. The standard InChI is InChI=1S/C29H31N7O2/c1-19-21(11-14-26(30)34-19)17-33-28(37)24-13-12-22-18-32-27(29(38)36(22)24)35(2)25(23-10-6-7-15-31-23)16-20-8-4-3-5-9-20/h3-11,14-15,18,24-25H,12-13,16-17H2,1-2H3,(H2,30,34)(H,33,37)/t24-,25?/m0/s1. The number of likely N-dealkylation sites (N-methyl/N-ethyl adjacent to an activating group) is 1. The largest absolute Gasteiger partial charge is 0.384 e. The Bertz CT molecular complexity index is 1490. The SMILES string of the molecule is Cc1nc(N)ccc1CNC(=O)[C@@H]1CCc2cnc(N(C)C(Cc3ccccc3)c3ccccn3)c(=O)n21. The van der Waals surface area contributed by atoms with Gasteiger partial charge in [0.15, 0.2) is 5.82 Å². The van der Waals surface area contributed by atoms with Gasteiger partial charge in [0, 0.05) is 37.4 Å². The molecule has 4 aromatic rings. The van der Waals surface area contributed by atoms with Crippen LogP contribution in [0.1, 0.15) is 46.7 Å². The molecule has 4 heterocycles. The number of nitrogens with two attached hydrogens (primary N) is 1. The normalized spacial score (nSPS) is 15.1. The van der Waals surface area contributed by atoms with Crippen molar-refractivity contribution in [1.29, 1.82) is 0 Å². The first kappa shape index (κ1) is 25.1. The van der Waals surface area contributed by atoms with Crippen molar-refractivity contribution in [2.45, 2.75) is 44.8 Å². The minimum Gasteiger partial charge on any atom is -0.384 e. The zero-order chi connectivity index (χ0) is 26.6. The number of hydrogen-bond acceptors (Lipinski definition) is 7. The molecule has 1 unspecified atom stereocenters. The van der Waals surface area contributed by atoms with Crippen molar-refractivity contribution >= 4 is 17.5 Å². The van der Waals surface area contributed by atoms with E-state index in [4.69, 9.17) is 5.73 Å². The molecule has 0 bridgehead atoms. The van der Waals surface area contributed by atoms with E-state index in [1.165, 1.54) is 0 Å². The topological polar surface area (TPSA) is 119 Å². The summed E-state index contributed by atoms with van der Waals surface area (Å²) in [6, 6.07) is 18.6. The fourth-order valence-corrected chi connectivity index (χ4v) is 5.02. The Morgan fingerprint density at radius 3 is 2.66 bits per heavy atom. The number of hydrogen-bond donors (Lipinski definition) is 2. The molecule has 0 spiro atoms. The van der Waals surface area contributed by atoms with E-state index in [0.717, 1.165) is 28.2 Å². The summed E-state index contributed by atoms with van der Waals surface area (Å²) in [6.45, 7) is 2.17. The van der Waals surface area contributed by atoms with Crippen LogP contribution < -0.4 is 21.5 Å². The molecule has 9 nitrogen and oxygen atoms in total. The number of aromatic nitrogens is 4. The molecule has 3 aromatic heterocycles. The molecule has 9 heteroatoms. The van der Waals surface area contributed by atoms with Gasteiger partial charge in [0.1, 0.15) is 11.9 Å². The van der Waals surface area contributed by atoms with E-state index >= 15 is 0 Å². The second kappa shape index (κ2) is 10.8. The molecular weight excluding hydrogens is 478 g/mol. The first-order valence-electron chi connectivity index (χ1n) is 12.7. The Morgan fingerprint density at radius 1 is 1.13 bits per heavy atom. The van der Waals surface area contributed by atoms with Crippen LogP contribution in [-0.4, -0.2) is 32.5 Å². The van der Waals surface area contributed by atoms with Crippen LogP contribution in [0.4, 0.5) is 11.6 Å². The summed E-state index contributed by atoms with van der Waals surface area (Å²) >= 11 is 0. The van der Waals surface area contributed by atoms with Crippen LogP contribution in [0.25, 0.3) is 0 Å². The molecule has 1 amide bonds. The molecule has 194 valence electrons. The quantitative estimate of drug-likeness (QED) is 0.374. The molecule has 38 heavy (non-hydrogen) atoms. The van der Waals surface area contributed by atoms with Crippen LogP contribution in [0.5, 0.6) is 0 Å². The maximum Gasteiger partial charge on any atom is 0.294 e. The van der Waals surface area contributed by atoms with Gasteiger partial charge in [-0.2, -0.15) is 0 Å². The van der Waals surface area contributed by atoms with Crippen molar-refractivity contribution in [3.05, 3.63) is 112 Å². The van der Waals surface area contributed by atoms with Crippen molar-refractivity contribution < 1.29 is 4.79 Å². The molecule has 3 N–H and O–H groups in total. The lowest BCUT2D eigenvalue weighted by Gasteiger charge is -2.29. The number of nitrogens with zero attached hydrogens (tertiary/aromatic N) is 5. The van der Waals surface area contributed by atoms with E-state index in [1.807, 2.05) is 61.3 Å². The summed E-state index contributed by atoms with van der Waals surface area (Å²) in [5.41, 5.74) is 9.84. The summed E-state index contributed by atoms with van der Waals surface area (Å²) in [5, 5.41) is 2.98. The average Bonchev–Trinajstić information content (AvgIpc) is 3.37. The maximum atomic E-state index is 13.8. The molecule has 0 aliphatic carbocycles. The number of fused-ring (bicyclic) bond motifs is 1. The highest BCUT2D eigenvalue weighted by molar-refractivity contribution is 5.81. The third kappa shape index (κ3) is 5.13. The van der Waals surface area contributed by atoms with E-state index < -0.39 is 6.04 Å². The van der Waals surface area contributed by atoms with Crippen molar-refractivity contribution in [2.24, 2.45) is 0 Å². The Morgan fingerprint density at radius 2 is 1.92 bits per heavy atom. The number of pyridine rings is 2. The highest BCUT2D eigenvalue weighted by atomic mass is 16.2. The van der Waals surface area contributed by atoms with Gasteiger partial charge in [-0.3, -0.25) is 19.1 Å². The highest BCUT2D eigenvalue weighted by Gasteiger charge is 2.32. The first-order chi connectivity index (χ1) is 18.4. The zero-order valence-electron chi connectivity index (χ0n) is 21.5. The van der Waals surface area contributed by atoms with E-state index in [0.29, 0.717) is 37.4 Å². The predicted octanol–water partition coefficient (Wildman–Crippen LogP) is 3.15. The molecule has 1 aliphatic heterocycles. The monoisotopic (exact) mass is 509 g/mol. The average molecular weight is 510 g/mol. The van der Waals surface area contributed by atoms with E-state index in [1.54, 1.807) is 23.0 Å². The molecule has 5 rings (SSSR count). The molecule has 0 radical (unpaired) electrons. The lowest BCUT2D eigenvalue weighted by Crippen LogP contribution is -2.39. The van der Waals surface area contributed by atoms with Crippen LogP contribution in [-0.2, 0) is 24.2 Å². The lowest BCUT2D eigenvalue weighted by atomic mass is 10.0. The van der Waals surface area contributed by atoms with Gasteiger partial charge >= 0.3 is 0 Å². The molecule has 0 fully saturated rings. The van der Waals surface area contributed by atoms with Gasteiger partial charge in [-0.05, 0) is 55.5 Å². The Balaban J connectivity index is 1.42. The van der Waals surface area contributed by atoms with E-state index in [-0.39, 0.29) is 17.5 Å². The van der Waals surface area contributed by atoms with E-state index in [2.05, 4.69) is 32.4 Å². The minimum atomic E-state index is -0.600. The number of benzene rings is 1. The Labute approximate surface area is 221 Å². The number of nitrogen functional groups attached to an aromatic ring is 1. The van der Waals surface area contributed by atoms with Crippen LogP contribution in [0.3, 0.4) is 0 Å². The van der Waals surface area contributed by atoms with Crippen molar-refractivity contribution in [3.8, 4) is 0 Å². The minimum absolute atomic E-state index is 0.201. The third-order valence-electron chi connectivity index (χ3n) is 7.12. The van der Waals surface area contributed by atoms with Gasteiger partial charge in [-0.1, -0.05) is 42.5 Å². The summed E-state index contributed by atoms with van der Waals surface area (Å²) in [4.78, 5) is 42.3. The van der Waals surface area contributed by atoms with Crippen LogP contribution in [0.2, 0.25) is 0 Å². The third-order valence-corrected chi connectivity index (χ3v) is 7.12. The summed E-state index contributed by atoms with van der Waals surface area (Å²) in [5.74, 6) is 0.528. The van der Waals surface area contributed by atoms with Crippen LogP contribution in [0.15, 0.2) is 77.9 Å². The molecule has 0 saturated heterocycles. The van der Waals surface area contributed by atoms with Crippen molar-refractivity contribution in [3.63, 3.8) is 0 Å². The van der Waals surface area contributed by atoms with Gasteiger partial charge in [-0.15, -0.1) is 0 Å². The number of amides is 1. The van der Waals surface area contributed by atoms with Crippen LogP contribution >= 0.6 is 0 Å². The molecule has 0 saturated carbocycles. The van der Waals surface area contributed by atoms with Gasteiger partial charge < -0.3 is 16.0 Å². The Hall–Kier alpha value is -4.53. The molecule has 1 aromatic carbocycles. The van der Waals surface area contributed by atoms with Crippen molar-refractivity contribution in [1.82, 2.24) is 24.8 Å². The zero-order valence-corrected chi connectivity index (χ0v) is 21.5. The number of anilines is 2. The highest BCUT2D eigenvalue weighted by Crippen LogP contribution is 2.28. The molecule has 2 atom stereocenters. The maximum absolute atomic E-state index is 13.8. The fourth-order valence-electron chi connectivity index (χ4n) is 5.02. The van der Waals surface area contributed by atoms with Gasteiger partial charge in [0.05, 0.1) is 11.7 Å². The lowest BCUT2D eigenvalue weighted by molar-refractivity contribution is -0.124. The number of rotatable bonds is 8. The van der Waals surface area contributed by atoms with Crippen LogP contribution in [0, 0.1) is 6.92 Å². The van der Waals surface area contributed by atoms with Gasteiger partial charge in [-0.25, -0.2) is 9.97 Å². The first-order valence-corrected chi connectivity index (χ1v) is 12.7. The fraction of sp³-hybridized carbons (Fsp3) is 0.276. The number of carbonyl (C=O) groups excluding carboxylic acids is 1. The second-order valence-corrected chi connectivity index (χ2v) is 9.57.